The van der Waals surface area contributed by atoms with Crippen molar-refractivity contribution in [1.29, 1.82) is 0 Å². The maximum absolute atomic E-state index is 6.09. The van der Waals surface area contributed by atoms with Crippen LogP contribution in [0.1, 0.15) is 0 Å². The number of pyridine rings is 2. The lowest BCUT2D eigenvalue weighted by Gasteiger charge is -2.09. The Morgan fingerprint density at radius 3 is 2.65 bits per heavy atom. The van der Waals surface area contributed by atoms with Gasteiger partial charge in [-0.3, -0.25) is 4.98 Å². The van der Waals surface area contributed by atoms with Crippen LogP contribution in [0.25, 0.3) is 10.9 Å². The Kier molecular flexibility index (Phi) is 3.66. The maximum atomic E-state index is 6.09. The number of nitrogens with one attached hydrogen (secondary N) is 1. The Morgan fingerprint density at radius 1 is 0.950 bits per heavy atom. The van der Waals surface area contributed by atoms with Gasteiger partial charge in [-0.05, 0) is 30.3 Å². The monoisotopic (exact) mass is 323 g/mol. The Balaban J connectivity index is 1.99. The Labute approximate surface area is 130 Å². The van der Waals surface area contributed by atoms with E-state index in [9.17, 15) is 0 Å². The molecule has 0 unspecified atom stereocenters. The zero-order valence-corrected chi connectivity index (χ0v) is 12.3. The average Bonchev–Trinajstić information content (AvgIpc) is 2.44. The molecule has 0 aliphatic rings. The van der Waals surface area contributed by atoms with Crippen LogP contribution in [0.4, 0.5) is 11.5 Å². The largest absolute Gasteiger partial charge is 0.339 e. The molecule has 0 fully saturated rings. The predicted octanol–water partition coefficient (Wildman–Crippen LogP) is 5.33. The van der Waals surface area contributed by atoms with Crippen molar-refractivity contribution in [3.8, 4) is 0 Å². The molecule has 3 nitrogen and oxygen atoms in total. The highest BCUT2D eigenvalue weighted by Crippen LogP contribution is 2.31. The van der Waals surface area contributed by atoms with Crippen molar-refractivity contribution in [2.45, 2.75) is 0 Å². The summed E-state index contributed by atoms with van der Waals surface area (Å²) in [5.74, 6) is 0.462. The summed E-state index contributed by atoms with van der Waals surface area (Å²) >= 11 is 17.8. The summed E-state index contributed by atoms with van der Waals surface area (Å²) in [5, 5.41) is 5.08. The van der Waals surface area contributed by atoms with Gasteiger partial charge in [0, 0.05) is 17.3 Å². The van der Waals surface area contributed by atoms with Crippen LogP contribution in [-0.4, -0.2) is 9.97 Å². The van der Waals surface area contributed by atoms with Gasteiger partial charge < -0.3 is 5.32 Å². The van der Waals surface area contributed by atoms with E-state index in [0.29, 0.717) is 15.9 Å². The van der Waals surface area contributed by atoms with Crippen molar-refractivity contribution in [1.82, 2.24) is 9.97 Å². The molecule has 0 spiro atoms. The molecule has 0 aliphatic heterocycles. The lowest BCUT2D eigenvalue weighted by molar-refractivity contribution is 1.31. The number of benzene rings is 1. The summed E-state index contributed by atoms with van der Waals surface area (Å²) in [5.41, 5.74) is 1.77. The highest BCUT2D eigenvalue weighted by molar-refractivity contribution is 6.43. The maximum Gasteiger partial charge on any atom is 0.151 e. The van der Waals surface area contributed by atoms with E-state index in [0.717, 1.165) is 16.6 Å². The zero-order chi connectivity index (χ0) is 14.1. The van der Waals surface area contributed by atoms with Gasteiger partial charge in [-0.15, -0.1) is 0 Å². The molecule has 1 aromatic carbocycles. The topological polar surface area (TPSA) is 37.8 Å². The summed E-state index contributed by atoms with van der Waals surface area (Å²) < 4.78 is 0. The van der Waals surface area contributed by atoms with Crippen molar-refractivity contribution in [2.24, 2.45) is 0 Å². The van der Waals surface area contributed by atoms with Crippen molar-refractivity contribution < 1.29 is 0 Å². The fourth-order valence-corrected chi connectivity index (χ4v) is 2.37. The van der Waals surface area contributed by atoms with Crippen LogP contribution in [0, 0.1) is 0 Å². The fourth-order valence-electron chi connectivity index (χ4n) is 1.82. The van der Waals surface area contributed by atoms with Crippen molar-refractivity contribution >= 4 is 57.2 Å². The van der Waals surface area contributed by atoms with Crippen LogP contribution in [0.2, 0.25) is 15.2 Å². The van der Waals surface area contributed by atoms with E-state index >= 15 is 0 Å². The quantitative estimate of drug-likeness (QED) is 0.647. The van der Waals surface area contributed by atoms with Gasteiger partial charge in [0.1, 0.15) is 5.15 Å². The van der Waals surface area contributed by atoms with Gasteiger partial charge in [-0.25, -0.2) is 4.98 Å². The van der Waals surface area contributed by atoms with Gasteiger partial charge in [0.2, 0.25) is 0 Å². The number of rotatable bonds is 2. The summed E-state index contributed by atoms with van der Waals surface area (Å²) in [6, 6.07) is 11.2. The van der Waals surface area contributed by atoms with Gasteiger partial charge >= 0.3 is 0 Å². The molecule has 2 aromatic heterocycles. The van der Waals surface area contributed by atoms with E-state index in [4.69, 9.17) is 34.8 Å². The summed E-state index contributed by atoms with van der Waals surface area (Å²) in [6.45, 7) is 0. The van der Waals surface area contributed by atoms with E-state index in [1.807, 2.05) is 30.3 Å². The molecule has 6 heteroatoms. The van der Waals surface area contributed by atoms with Crippen LogP contribution in [0.5, 0.6) is 0 Å². The van der Waals surface area contributed by atoms with Crippen molar-refractivity contribution in [3.63, 3.8) is 0 Å². The van der Waals surface area contributed by atoms with Gasteiger partial charge in [-0.1, -0.05) is 40.9 Å². The minimum absolute atomic E-state index is 0.209. The Bertz CT molecular complexity index is 790. The molecule has 100 valence electrons. The van der Waals surface area contributed by atoms with Crippen LogP contribution in [0.15, 0.2) is 42.6 Å². The minimum Gasteiger partial charge on any atom is -0.339 e. The number of anilines is 2. The molecule has 3 aromatic rings. The van der Waals surface area contributed by atoms with E-state index < -0.39 is 0 Å². The van der Waals surface area contributed by atoms with Gasteiger partial charge in [0.25, 0.3) is 0 Å². The third kappa shape index (κ3) is 2.66. The molecule has 0 saturated heterocycles. The third-order valence-electron chi connectivity index (χ3n) is 2.75. The number of halogens is 3. The molecule has 3 rings (SSSR count). The highest BCUT2D eigenvalue weighted by Gasteiger charge is 2.08. The van der Waals surface area contributed by atoms with Gasteiger partial charge in [0.05, 0.1) is 15.6 Å². The summed E-state index contributed by atoms with van der Waals surface area (Å²) in [6.07, 6.45) is 1.76. The molecule has 0 saturated carbocycles. The third-order valence-corrected chi connectivity index (χ3v) is 3.71. The molecule has 1 N–H and O–H groups in total. The molecule has 0 bridgehead atoms. The van der Waals surface area contributed by atoms with E-state index in [-0.39, 0.29) is 5.15 Å². The van der Waals surface area contributed by atoms with Crippen LogP contribution in [0.3, 0.4) is 0 Å². The van der Waals surface area contributed by atoms with Gasteiger partial charge in [0.15, 0.2) is 5.82 Å². The normalized spacial score (nSPS) is 10.8. The number of fused-ring (bicyclic) bond motifs is 1. The molecule has 0 atom stereocenters. The first-order valence-electron chi connectivity index (χ1n) is 5.77. The van der Waals surface area contributed by atoms with E-state index in [1.54, 1.807) is 12.3 Å². The number of nitrogens with zero attached hydrogens (tertiary/aromatic N) is 2. The molecule has 0 radical (unpaired) electrons. The van der Waals surface area contributed by atoms with Crippen molar-refractivity contribution in [2.75, 3.05) is 5.32 Å². The molecule has 20 heavy (non-hydrogen) atoms. The minimum atomic E-state index is 0.209. The second-order valence-electron chi connectivity index (χ2n) is 4.13. The number of hydrogen-bond donors (Lipinski definition) is 1. The second kappa shape index (κ2) is 5.44. The molecule has 0 amide bonds. The van der Waals surface area contributed by atoms with Gasteiger partial charge in [-0.2, -0.15) is 0 Å². The van der Waals surface area contributed by atoms with Crippen molar-refractivity contribution in [3.05, 3.63) is 57.8 Å². The average molecular weight is 325 g/mol. The first-order valence-corrected chi connectivity index (χ1v) is 6.90. The van der Waals surface area contributed by atoms with E-state index in [2.05, 4.69) is 15.3 Å². The van der Waals surface area contributed by atoms with E-state index in [1.165, 1.54) is 0 Å². The van der Waals surface area contributed by atoms with Crippen LogP contribution in [-0.2, 0) is 0 Å². The summed E-state index contributed by atoms with van der Waals surface area (Å²) in [7, 11) is 0. The number of aromatic nitrogens is 2. The molecular weight excluding hydrogens is 317 g/mol. The molecular formula is C14H8Cl3N3. The standard InChI is InChI=1S/C14H8Cl3N3/c15-10-7-11(16)14(20-13(10)17)19-9-3-4-12-8(6-9)2-1-5-18-12/h1-7H,(H,19,20). The second-order valence-corrected chi connectivity index (χ2v) is 5.30. The predicted molar refractivity (Wildman–Crippen MR) is 84.3 cm³/mol. The highest BCUT2D eigenvalue weighted by atomic mass is 35.5. The molecule has 2 heterocycles. The number of hydrogen-bond acceptors (Lipinski definition) is 3. The zero-order valence-electron chi connectivity index (χ0n) is 10.1. The first kappa shape index (κ1) is 13.4. The van der Waals surface area contributed by atoms with Crippen LogP contribution < -0.4 is 5.32 Å². The molecule has 0 aliphatic carbocycles. The first-order chi connectivity index (χ1) is 9.63. The lowest BCUT2D eigenvalue weighted by atomic mass is 10.2. The Morgan fingerprint density at radius 2 is 1.80 bits per heavy atom. The van der Waals surface area contributed by atoms with Crippen LogP contribution >= 0.6 is 34.8 Å². The smallest absolute Gasteiger partial charge is 0.151 e. The summed E-state index contributed by atoms with van der Waals surface area (Å²) in [4.78, 5) is 8.39. The fraction of sp³-hybridized carbons (Fsp3) is 0. The Hall–Kier alpha value is -1.55. The SMILES string of the molecule is Clc1cc(Cl)c(Nc2ccc3ncccc3c2)nc1Cl. The lowest BCUT2D eigenvalue weighted by Crippen LogP contribution is -1.95.